The van der Waals surface area contributed by atoms with E-state index >= 15 is 0 Å². The Balaban J connectivity index is 1.89. The maximum Gasteiger partial charge on any atom is 0.156 e. The number of aromatic nitrogens is 2. The number of aryl methyl sites for hydroxylation is 1. The van der Waals surface area contributed by atoms with Crippen molar-refractivity contribution >= 4 is 5.82 Å². The third kappa shape index (κ3) is 4.44. The van der Waals surface area contributed by atoms with Gasteiger partial charge in [0.15, 0.2) is 5.82 Å². The first-order valence-electron chi connectivity index (χ1n) is 7.91. The van der Waals surface area contributed by atoms with E-state index in [1.165, 1.54) is 32.1 Å². The van der Waals surface area contributed by atoms with Crippen molar-refractivity contribution in [1.82, 2.24) is 9.97 Å². The van der Waals surface area contributed by atoms with Crippen molar-refractivity contribution in [1.29, 1.82) is 0 Å². The van der Waals surface area contributed by atoms with Crippen molar-refractivity contribution in [2.45, 2.75) is 65.6 Å². The Morgan fingerprint density at radius 1 is 1.30 bits per heavy atom. The molecule has 1 heterocycles. The zero-order valence-electron chi connectivity index (χ0n) is 13.0. The molecule has 0 aromatic carbocycles. The van der Waals surface area contributed by atoms with Crippen LogP contribution < -0.4 is 5.32 Å². The summed E-state index contributed by atoms with van der Waals surface area (Å²) in [5, 5.41) is 3.24. The van der Waals surface area contributed by atoms with E-state index in [1.54, 1.807) is 0 Å². The maximum absolute atomic E-state index is 6.04. The van der Waals surface area contributed by atoms with Gasteiger partial charge in [-0.15, -0.1) is 0 Å². The summed E-state index contributed by atoms with van der Waals surface area (Å²) < 4.78 is 6.04. The van der Waals surface area contributed by atoms with Crippen LogP contribution in [0.15, 0.2) is 6.07 Å². The minimum absolute atomic E-state index is 0.389. The first kappa shape index (κ1) is 15.2. The highest BCUT2D eigenvalue weighted by atomic mass is 16.5. The van der Waals surface area contributed by atoms with Crippen molar-refractivity contribution < 1.29 is 4.74 Å². The van der Waals surface area contributed by atoms with Gasteiger partial charge in [-0.25, -0.2) is 9.97 Å². The molecule has 4 nitrogen and oxygen atoms in total. The average molecular weight is 277 g/mol. The molecule has 20 heavy (non-hydrogen) atoms. The molecule has 0 radical (unpaired) electrons. The first-order chi connectivity index (χ1) is 9.71. The van der Waals surface area contributed by atoms with E-state index in [-0.39, 0.29) is 0 Å². The molecule has 0 aliphatic heterocycles. The number of nitrogens with zero attached hydrogens (tertiary/aromatic N) is 2. The summed E-state index contributed by atoms with van der Waals surface area (Å²) in [6.07, 6.45) is 6.69. The lowest BCUT2D eigenvalue weighted by Gasteiger charge is -2.28. The van der Waals surface area contributed by atoms with Crippen LogP contribution in [0.4, 0.5) is 5.82 Å². The monoisotopic (exact) mass is 277 g/mol. The van der Waals surface area contributed by atoms with Crippen molar-refractivity contribution in [2.75, 3.05) is 11.9 Å². The second kappa shape index (κ2) is 7.58. The molecule has 2 unspecified atom stereocenters. The fourth-order valence-electron chi connectivity index (χ4n) is 2.92. The van der Waals surface area contributed by atoms with Crippen molar-refractivity contribution in [3.8, 4) is 0 Å². The van der Waals surface area contributed by atoms with Crippen molar-refractivity contribution in [2.24, 2.45) is 5.92 Å². The molecule has 1 aromatic heterocycles. The van der Waals surface area contributed by atoms with Gasteiger partial charge in [-0.05, 0) is 32.6 Å². The quantitative estimate of drug-likeness (QED) is 0.861. The van der Waals surface area contributed by atoms with Crippen LogP contribution in [-0.2, 0) is 11.3 Å². The van der Waals surface area contributed by atoms with Crippen LogP contribution in [0.5, 0.6) is 0 Å². The van der Waals surface area contributed by atoms with Gasteiger partial charge in [0.25, 0.3) is 0 Å². The largest absolute Gasteiger partial charge is 0.370 e. The smallest absolute Gasteiger partial charge is 0.156 e. The van der Waals surface area contributed by atoms with Gasteiger partial charge in [0, 0.05) is 18.3 Å². The summed E-state index contributed by atoms with van der Waals surface area (Å²) in [6, 6.07) is 1.97. The Kier molecular flexibility index (Phi) is 5.77. The molecule has 2 atom stereocenters. The van der Waals surface area contributed by atoms with Gasteiger partial charge in [-0.2, -0.15) is 0 Å². The Labute approximate surface area is 122 Å². The summed E-state index contributed by atoms with van der Waals surface area (Å²) in [5.74, 6) is 2.53. The summed E-state index contributed by atoms with van der Waals surface area (Å²) in [7, 11) is 0. The second-order valence-corrected chi connectivity index (χ2v) is 5.72. The summed E-state index contributed by atoms with van der Waals surface area (Å²) >= 11 is 0. The van der Waals surface area contributed by atoms with Crippen LogP contribution >= 0.6 is 0 Å². The van der Waals surface area contributed by atoms with Crippen LogP contribution in [0.2, 0.25) is 0 Å². The van der Waals surface area contributed by atoms with E-state index < -0.39 is 0 Å². The molecule has 0 saturated heterocycles. The average Bonchev–Trinajstić information content (AvgIpc) is 2.45. The highest BCUT2D eigenvalue weighted by Gasteiger charge is 2.21. The molecule has 1 fully saturated rings. The highest BCUT2D eigenvalue weighted by Crippen LogP contribution is 2.28. The standard InChI is InChI=1S/C16H27N3O/c1-4-13-7-6-8-14(10-13)20-11-16-18-12(3)9-15(19-16)17-5-2/h9,13-14H,4-8,10-11H2,1-3H3,(H,17,18,19). The van der Waals surface area contributed by atoms with Gasteiger partial charge in [-0.1, -0.05) is 26.2 Å². The van der Waals surface area contributed by atoms with Crippen LogP contribution in [0, 0.1) is 12.8 Å². The first-order valence-corrected chi connectivity index (χ1v) is 7.91. The van der Waals surface area contributed by atoms with Gasteiger partial charge in [0.05, 0.1) is 6.10 Å². The molecule has 1 saturated carbocycles. The highest BCUT2D eigenvalue weighted by molar-refractivity contribution is 5.35. The summed E-state index contributed by atoms with van der Waals surface area (Å²) in [4.78, 5) is 8.96. The number of rotatable bonds is 6. The predicted octanol–water partition coefficient (Wildman–Crippen LogP) is 3.70. The Morgan fingerprint density at radius 2 is 2.15 bits per heavy atom. The van der Waals surface area contributed by atoms with Gasteiger partial charge in [0.2, 0.25) is 0 Å². The lowest BCUT2D eigenvalue weighted by Crippen LogP contribution is -2.23. The van der Waals surface area contributed by atoms with Gasteiger partial charge >= 0.3 is 0 Å². The van der Waals surface area contributed by atoms with Crippen LogP contribution in [-0.4, -0.2) is 22.6 Å². The molecule has 1 aliphatic carbocycles. The molecule has 1 aromatic rings. The lowest BCUT2D eigenvalue weighted by atomic mass is 9.85. The number of anilines is 1. The van der Waals surface area contributed by atoms with Crippen LogP contribution in [0.25, 0.3) is 0 Å². The number of ether oxygens (including phenoxy) is 1. The lowest BCUT2D eigenvalue weighted by molar-refractivity contribution is -0.00121. The molecule has 1 aliphatic rings. The molecule has 1 N–H and O–H groups in total. The Hall–Kier alpha value is -1.16. The molecule has 112 valence electrons. The third-order valence-electron chi connectivity index (χ3n) is 4.02. The topological polar surface area (TPSA) is 47.0 Å². The molecular formula is C16H27N3O. The zero-order chi connectivity index (χ0) is 14.4. The minimum Gasteiger partial charge on any atom is -0.370 e. The van der Waals surface area contributed by atoms with Gasteiger partial charge < -0.3 is 10.1 Å². The van der Waals surface area contributed by atoms with E-state index in [4.69, 9.17) is 4.74 Å². The third-order valence-corrected chi connectivity index (χ3v) is 4.02. The van der Waals surface area contributed by atoms with Crippen LogP contribution in [0.1, 0.15) is 57.5 Å². The predicted molar refractivity (Wildman–Crippen MR) is 81.8 cm³/mol. The van der Waals surface area contributed by atoms with Crippen molar-refractivity contribution in [3.63, 3.8) is 0 Å². The number of nitrogens with one attached hydrogen (secondary N) is 1. The zero-order valence-corrected chi connectivity index (χ0v) is 13.0. The second-order valence-electron chi connectivity index (χ2n) is 5.72. The normalized spacial score (nSPS) is 22.8. The fourth-order valence-corrected chi connectivity index (χ4v) is 2.92. The van der Waals surface area contributed by atoms with E-state index in [2.05, 4.69) is 29.1 Å². The van der Waals surface area contributed by atoms with Gasteiger partial charge in [0.1, 0.15) is 12.4 Å². The van der Waals surface area contributed by atoms with E-state index in [1.807, 2.05) is 13.0 Å². The van der Waals surface area contributed by atoms with Crippen molar-refractivity contribution in [3.05, 3.63) is 17.6 Å². The molecule has 0 spiro atoms. The molecule has 4 heteroatoms. The molecule has 0 amide bonds. The summed E-state index contributed by atoms with van der Waals surface area (Å²) in [6.45, 7) is 7.75. The molecule has 0 bridgehead atoms. The van der Waals surface area contributed by atoms with Crippen LogP contribution in [0.3, 0.4) is 0 Å². The molecule has 2 rings (SSSR count). The Morgan fingerprint density at radius 3 is 2.90 bits per heavy atom. The van der Waals surface area contributed by atoms with E-state index in [0.717, 1.165) is 29.8 Å². The minimum atomic E-state index is 0.389. The molecular weight excluding hydrogens is 250 g/mol. The number of hydrogen-bond acceptors (Lipinski definition) is 4. The SMILES string of the molecule is CCNc1cc(C)nc(COC2CCCC(CC)C2)n1. The number of hydrogen-bond donors (Lipinski definition) is 1. The Bertz CT molecular complexity index is 422. The maximum atomic E-state index is 6.04. The van der Waals surface area contributed by atoms with E-state index in [0.29, 0.717) is 12.7 Å². The van der Waals surface area contributed by atoms with Gasteiger partial charge in [-0.3, -0.25) is 0 Å². The summed E-state index contributed by atoms with van der Waals surface area (Å²) in [5.41, 5.74) is 0.990. The fraction of sp³-hybridized carbons (Fsp3) is 0.750. The van der Waals surface area contributed by atoms with E-state index in [9.17, 15) is 0 Å².